The molecular weight excluding hydrogens is 282 g/mol. The van der Waals surface area contributed by atoms with Gasteiger partial charge in [-0.15, -0.1) is 4.91 Å². The summed E-state index contributed by atoms with van der Waals surface area (Å²) < 4.78 is 4.22. The lowest BCUT2D eigenvalue weighted by Gasteiger charge is -2.20. The third-order valence-corrected chi connectivity index (χ3v) is 2.95. The Morgan fingerprint density at radius 2 is 1.90 bits per heavy atom. The van der Waals surface area contributed by atoms with Crippen LogP contribution in [-0.2, 0) is 28.7 Å². The van der Waals surface area contributed by atoms with Gasteiger partial charge in [0, 0.05) is 12.0 Å². The van der Waals surface area contributed by atoms with Crippen molar-refractivity contribution < 1.29 is 28.7 Å². The van der Waals surface area contributed by atoms with Crippen LogP contribution in [0.2, 0.25) is 0 Å². The lowest BCUT2D eigenvalue weighted by Crippen LogP contribution is -2.44. The first kappa shape index (κ1) is 14.4. The van der Waals surface area contributed by atoms with E-state index < -0.39 is 40.5 Å². The molecule has 0 radical (unpaired) electrons. The van der Waals surface area contributed by atoms with Crippen LogP contribution in [0.1, 0.15) is 6.42 Å². The van der Waals surface area contributed by atoms with E-state index in [0.717, 1.165) is 0 Å². The van der Waals surface area contributed by atoms with Crippen molar-refractivity contribution in [2.75, 3.05) is 0 Å². The molecule has 8 nitrogen and oxygen atoms in total. The summed E-state index contributed by atoms with van der Waals surface area (Å²) in [6.07, 6.45) is 2.11. The van der Waals surface area contributed by atoms with Gasteiger partial charge in [-0.3, -0.25) is 24.0 Å². The Balaban J connectivity index is 2.63. The van der Waals surface area contributed by atoms with Crippen LogP contribution in [0, 0.1) is 4.91 Å². The normalized spacial score (nSPS) is 22.3. The fraction of sp³-hybridized carbons (Fsp3) is 0.154. The number of Topliss-reactive ketones (excluding diaryl/α,β-unsaturated/α-hetero) is 4. The average Bonchev–Trinajstić information content (AvgIpc) is 2.48. The highest BCUT2D eigenvalue weighted by Crippen LogP contribution is 2.28. The van der Waals surface area contributed by atoms with Gasteiger partial charge in [0.05, 0.1) is 5.57 Å². The van der Waals surface area contributed by atoms with E-state index in [9.17, 15) is 28.9 Å². The standard InChI is InChI=1S/C13H7NO7/c15-5-21-13-11(18)9(14-20)8(10(17)12(13)19)6-3-1-2-4-7(6)16/h1-3,5,13H,4H2. The Morgan fingerprint density at radius 1 is 1.19 bits per heavy atom. The van der Waals surface area contributed by atoms with Crippen molar-refractivity contribution in [2.24, 2.45) is 5.18 Å². The molecule has 2 rings (SSSR count). The lowest BCUT2D eigenvalue weighted by atomic mass is 9.83. The van der Waals surface area contributed by atoms with E-state index in [0.29, 0.717) is 0 Å². The van der Waals surface area contributed by atoms with E-state index in [1.54, 1.807) is 0 Å². The van der Waals surface area contributed by atoms with Gasteiger partial charge in [-0.1, -0.05) is 18.2 Å². The SMILES string of the molecule is O=COC1C(=O)C(=O)C(C2=CC=CCC2=O)=C(N=O)C1=O. The molecule has 0 aromatic heterocycles. The first-order valence-electron chi connectivity index (χ1n) is 5.72. The predicted molar refractivity (Wildman–Crippen MR) is 65.6 cm³/mol. The van der Waals surface area contributed by atoms with Crippen LogP contribution in [-0.4, -0.2) is 35.7 Å². The molecule has 1 atom stereocenters. The molecule has 0 saturated heterocycles. The third kappa shape index (κ3) is 2.27. The van der Waals surface area contributed by atoms with Gasteiger partial charge in [-0.25, -0.2) is 0 Å². The summed E-state index contributed by atoms with van der Waals surface area (Å²) in [4.78, 5) is 68.5. The first-order valence-corrected chi connectivity index (χ1v) is 5.72. The minimum Gasteiger partial charge on any atom is -0.447 e. The van der Waals surface area contributed by atoms with Crippen molar-refractivity contribution in [3.8, 4) is 0 Å². The minimum absolute atomic E-state index is 0.0363. The number of ketones is 4. The molecule has 1 unspecified atom stereocenters. The Bertz CT molecular complexity index is 681. The molecule has 21 heavy (non-hydrogen) atoms. The van der Waals surface area contributed by atoms with Crippen molar-refractivity contribution in [3.05, 3.63) is 40.0 Å². The zero-order valence-corrected chi connectivity index (χ0v) is 10.4. The Labute approximate surface area is 117 Å². The van der Waals surface area contributed by atoms with Gasteiger partial charge >= 0.3 is 0 Å². The lowest BCUT2D eigenvalue weighted by molar-refractivity contribution is -0.154. The van der Waals surface area contributed by atoms with Crippen LogP contribution in [0.15, 0.2) is 40.2 Å². The maximum atomic E-state index is 12.0. The number of rotatable bonds is 4. The van der Waals surface area contributed by atoms with Crippen LogP contribution in [0.3, 0.4) is 0 Å². The largest absolute Gasteiger partial charge is 0.447 e. The molecular formula is C13H7NO7. The summed E-state index contributed by atoms with van der Waals surface area (Å²) in [6.45, 7) is -0.186. The number of nitrogens with zero attached hydrogens (tertiary/aromatic N) is 1. The molecule has 2 aliphatic carbocycles. The maximum Gasteiger partial charge on any atom is 0.294 e. The smallest absolute Gasteiger partial charge is 0.294 e. The summed E-state index contributed by atoms with van der Waals surface area (Å²) in [6, 6.07) is 0. The summed E-state index contributed by atoms with van der Waals surface area (Å²) >= 11 is 0. The third-order valence-electron chi connectivity index (χ3n) is 2.95. The van der Waals surface area contributed by atoms with Gasteiger partial charge in [0.1, 0.15) is 0 Å². The number of carbonyl (C=O) groups excluding carboxylic acids is 5. The monoisotopic (exact) mass is 289 g/mol. The van der Waals surface area contributed by atoms with Crippen molar-refractivity contribution in [2.45, 2.75) is 12.5 Å². The fourth-order valence-electron chi connectivity index (χ4n) is 2.00. The van der Waals surface area contributed by atoms with Crippen LogP contribution >= 0.6 is 0 Å². The van der Waals surface area contributed by atoms with Crippen molar-refractivity contribution in [3.63, 3.8) is 0 Å². The highest BCUT2D eigenvalue weighted by atomic mass is 16.5. The second-order valence-corrected chi connectivity index (χ2v) is 4.12. The minimum atomic E-state index is -2.03. The molecule has 0 saturated carbocycles. The molecule has 0 N–H and O–H groups in total. The molecule has 0 aliphatic heterocycles. The number of nitroso groups, excluding NO2 is 1. The molecule has 0 fully saturated rings. The van der Waals surface area contributed by atoms with Crippen molar-refractivity contribution >= 4 is 29.6 Å². The van der Waals surface area contributed by atoms with E-state index in [-0.39, 0.29) is 18.5 Å². The van der Waals surface area contributed by atoms with Gasteiger partial charge in [0.25, 0.3) is 12.3 Å². The van der Waals surface area contributed by atoms with Crippen LogP contribution < -0.4 is 0 Å². The van der Waals surface area contributed by atoms with Crippen molar-refractivity contribution in [1.82, 2.24) is 0 Å². The summed E-state index contributed by atoms with van der Waals surface area (Å²) in [7, 11) is 0. The number of allylic oxidation sites excluding steroid dienone is 5. The zero-order chi connectivity index (χ0) is 15.6. The van der Waals surface area contributed by atoms with E-state index in [2.05, 4.69) is 9.91 Å². The van der Waals surface area contributed by atoms with Crippen LogP contribution in [0.5, 0.6) is 0 Å². The van der Waals surface area contributed by atoms with Gasteiger partial charge < -0.3 is 4.74 Å². The zero-order valence-electron chi connectivity index (χ0n) is 10.4. The Kier molecular flexibility index (Phi) is 3.79. The average molecular weight is 289 g/mol. The fourth-order valence-corrected chi connectivity index (χ4v) is 2.00. The predicted octanol–water partition coefficient (Wildman–Crippen LogP) is -0.275. The molecule has 0 heterocycles. The summed E-state index contributed by atoms with van der Waals surface area (Å²) in [5, 5.41) is 2.43. The van der Waals surface area contributed by atoms with E-state index in [4.69, 9.17) is 0 Å². The molecule has 0 bridgehead atoms. The van der Waals surface area contributed by atoms with Gasteiger partial charge in [-0.05, 0) is 5.18 Å². The number of hydrogen-bond acceptors (Lipinski definition) is 8. The van der Waals surface area contributed by atoms with E-state index in [1.807, 2.05) is 0 Å². The highest BCUT2D eigenvalue weighted by molar-refractivity contribution is 6.54. The van der Waals surface area contributed by atoms with E-state index in [1.165, 1.54) is 18.2 Å². The second kappa shape index (κ2) is 5.53. The van der Waals surface area contributed by atoms with Crippen molar-refractivity contribution in [1.29, 1.82) is 0 Å². The summed E-state index contributed by atoms with van der Waals surface area (Å²) in [5.41, 5.74) is -1.76. The Morgan fingerprint density at radius 3 is 2.48 bits per heavy atom. The molecule has 8 heteroatoms. The highest BCUT2D eigenvalue weighted by Gasteiger charge is 2.46. The first-order chi connectivity index (χ1) is 10.0. The number of ether oxygens (including phenoxy) is 1. The van der Waals surface area contributed by atoms with Gasteiger partial charge in [-0.2, -0.15) is 0 Å². The number of hydrogen-bond donors (Lipinski definition) is 0. The quantitative estimate of drug-likeness (QED) is 0.302. The maximum absolute atomic E-state index is 12.0. The molecule has 0 aromatic carbocycles. The molecule has 2 aliphatic rings. The number of carbonyl (C=O) groups is 5. The van der Waals surface area contributed by atoms with Gasteiger partial charge in [0.15, 0.2) is 11.5 Å². The van der Waals surface area contributed by atoms with Gasteiger partial charge in [0.2, 0.25) is 17.7 Å². The van der Waals surface area contributed by atoms with Crippen LogP contribution in [0.4, 0.5) is 0 Å². The molecule has 0 spiro atoms. The van der Waals surface area contributed by atoms with Crippen LogP contribution in [0.25, 0.3) is 0 Å². The molecule has 0 aromatic rings. The van der Waals surface area contributed by atoms with E-state index >= 15 is 0 Å². The Hall–Kier alpha value is -3.03. The summed E-state index contributed by atoms with van der Waals surface area (Å²) in [5.74, 6) is -4.33. The molecule has 0 amide bonds. The second-order valence-electron chi connectivity index (χ2n) is 4.12. The molecule has 106 valence electrons. The topological polar surface area (TPSA) is 124 Å².